The third-order valence-electron chi connectivity index (χ3n) is 1.58. The highest BCUT2D eigenvalue weighted by molar-refractivity contribution is 5.80. The minimum atomic E-state index is -0.627. The summed E-state index contributed by atoms with van der Waals surface area (Å²) in [7, 11) is 0. The molecule has 0 saturated heterocycles. The average Bonchev–Trinajstić information content (AvgIpc) is 2.18. The van der Waals surface area contributed by atoms with Gasteiger partial charge in [-0.1, -0.05) is 0 Å². The number of ether oxygens (including phenoxy) is 1. The normalized spacial score (nSPS) is 11.5. The number of aromatic nitrogens is 1. The van der Waals surface area contributed by atoms with Crippen molar-refractivity contribution in [2.75, 3.05) is 0 Å². The van der Waals surface area contributed by atoms with Crippen molar-refractivity contribution in [2.24, 2.45) is 5.10 Å². The Bertz CT molecular complexity index is 451. The molecule has 1 aromatic heterocycles. The molecule has 0 aliphatic carbocycles. The van der Waals surface area contributed by atoms with Gasteiger partial charge in [-0.2, -0.15) is 5.10 Å². The Kier molecular flexibility index (Phi) is 4.03. The Hall–Kier alpha value is -2.11. The van der Waals surface area contributed by atoms with E-state index in [4.69, 9.17) is 4.74 Å². The van der Waals surface area contributed by atoms with Crippen LogP contribution >= 0.6 is 0 Å². The Morgan fingerprint density at radius 3 is 2.71 bits per heavy atom. The number of nitrogens with zero attached hydrogens (tertiary/aromatic N) is 1. The summed E-state index contributed by atoms with van der Waals surface area (Å²) in [5, 5.41) is 3.68. The Balaban J connectivity index is 2.48. The van der Waals surface area contributed by atoms with E-state index in [-0.39, 0.29) is 5.56 Å². The lowest BCUT2D eigenvalue weighted by molar-refractivity contribution is 0.0529. The molecule has 0 atom stereocenters. The number of aromatic amines is 1. The summed E-state index contributed by atoms with van der Waals surface area (Å²) < 4.78 is 4.97. The molecule has 0 radical (unpaired) electrons. The standard InChI is InChI=1S/C11H15N3O3/c1-11(2,3)17-10(16)14-13-7-8-4-5-9(15)12-6-8/h4-7H,1-3H3,(H,12,15)(H,14,16)/b13-7+. The molecule has 2 N–H and O–H groups in total. The highest BCUT2D eigenvalue weighted by atomic mass is 16.6. The number of hydrogen-bond donors (Lipinski definition) is 2. The molecule has 0 aliphatic heterocycles. The zero-order chi connectivity index (χ0) is 12.9. The summed E-state index contributed by atoms with van der Waals surface area (Å²) >= 11 is 0. The number of carbonyl (C=O) groups excluding carboxylic acids is 1. The third kappa shape index (κ3) is 5.50. The van der Waals surface area contributed by atoms with Crippen LogP contribution in [0.2, 0.25) is 0 Å². The fourth-order valence-corrected chi connectivity index (χ4v) is 0.963. The van der Waals surface area contributed by atoms with Gasteiger partial charge in [0.15, 0.2) is 0 Å². The van der Waals surface area contributed by atoms with Crippen LogP contribution in [0.5, 0.6) is 0 Å². The van der Waals surface area contributed by atoms with Gasteiger partial charge in [-0.05, 0) is 26.8 Å². The molecular formula is C11H15N3O3. The molecule has 1 amide bonds. The predicted octanol–water partition coefficient (Wildman–Crippen LogP) is 1.23. The number of hydrogen-bond acceptors (Lipinski definition) is 4. The second-order valence-corrected chi connectivity index (χ2v) is 4.36. The fourth-order valence-electron chi connectivity index (χ4n) is 0.963. The third-order valence-corrected chi connectivity index (χ3v) is 1.58. The molecular weight excluding hydrogens is 222 g/mol. The fraction of sp³-hybridized carbons (Fsp3) is 0.364. The van der Waals surface area contributed by atoms with Gasteiger partial charge in [0.05, 0.1) is 6.21 Å². The first-order chi connectivity index (χ1) is 7.87. The number of carbonyl (C=O) groups is 1. The first-order valence-electron chi connectivity index (χ1n) is 5.08. The molecule has 0 spiro atoms. The molecule has 1 aromatic rings. The maximum Gasteiger partial charge on any atom is 0.428 e. The van der Waals surface area contributed by atoms with Crippen molar-refractivity contribution in [3.63, 3.8) is 0 Å². The Morgan fingerprint density at radius 2 is 2.18 bits per heavy atom. The second-order valence-electron chi connectivity index (χ2n) is 4.36. The molecule has 0 aliphatic rings. The summed E-state index contributed by atoms with van der Waals surface area (Å²) in [4.78, 5) is 24.5. The van der Waals surface area contributed by atoms with Gasteiger partial charge < -0.3 is 9.72 Å². The van der Waals surface area contributed by atoms with Gasteiger partial charge in [-0.25, -0.2) is 10.2 Å². The van der Waals surface area contributed by atoms with Crippen LogP contribution in [0, 0.1) is 0 Å². The van der Waals surface area contributed by atoms with Crippen molar-refractivity contribution in [1.82, 2.24) is 10.4 Å². The van der Waals surface area contributed by atoms with Gasteiger partial charge in [0.1, 0.15) is 5.60 Å². The molecule has 17 heavy (non-hydrogen) atoms. The van der Waals surface area contributed by atoms with E-state index in [0.29, 0.717) is 5.56 Å². The number of nitrogens with one attached hydrogen (secondary N) is 2. The molecule has 0 aromatic carbocycles. The van der Waals surface area contributed by atoms with Gasteiger partial charge in [0.25, 0.3) is 0 Å². The summed E-state index contributed by atoms with van der Waals surface area (Å²) in [6.45, 7) is 5.29. The van der Waals surface area contributed by atoms with Crippen LogP contribution in [0.1, 0.15) is 26.3 Å². The van der Waals surface area contributed by atoms with Gasteiger partial charge in [0.2, 0.25) is 5.56 Å². The number of amides is 1. The SMILES string of the molecule is CC(C)(C)OC(=O)N/N=C/c1ccc(=O)[nH]c1. The summed E-state index contributed by atoms with van der Waals surface area (Å²) in [5.74, 6) is 0. The van der Waals surface area contributed by atoms with Crippen LogP contribution in [0.15, 0.2) is 28.2 Å². The van der Waals surface area contributed by atoms with Gasteiger partial charge >= 0.3 is 6.09 Å². The summed E-state index contributed by atoms with van der Waals surface area (Å²) in [6, 6.07) is 2.95. The molecule has 1 heterocycles. The predicted molar refractivity (Wildman–Crippen MR) is 64.0 cm³/mol. The molecule has 6 nitrogen and oxygen atoms in total. The Morgan fingerprint density at radius 1 is 1.47 bits per heavy atom. The zero-order valence-corrected chi connectivity index (χ0v) is 9.98. The zero-order valence-electron chi connectivity index (χ0n) is 9.98. The van der Waals surface area contributed by atoms with Crippen molar-refractivity contribution >= 4 is 12.3 Å². The number of rotatable bonds is 2. The first kappa shape index (κ1) is 13.0. The van der Waals surface area contributed by atoms with E-state index in [1.54, 1.807) is 26.8 Å². The molecule has 0 bridgehead atoms. The largest absolute Gasteiger partial charge is 0.443 e. The van der Waals surface area contributed by atoms with Crippen molar-refractivity contribution < 1.29 is 9.53 Å². The molecule has 0 fully saturated rings. The average molecular weight is 237 g/mol. The minimum absolute atomic E-state index is 0.192. The second kappa shape index (κ2) is 5.29. The molecule has 0 saturated carbocycles. The Labute approximate surface area is 98.7 Å². The number of H-pyrrole nitrogens is 1. The van der Waals surface area contributed by atoms with Gasteiger partial charge in [-0.15, -0.1) is 0 Å². The lowest BCUT2D eigenvalue weighted by Gasteiger charge is -2.18. The number of pyridine rings is 1. The van der Waals surface area contributed by atoms with Crippen LogP contribution in [0.3, 0.4) is 0 Å². The minimum Gasteiger partial charge on any atom is -0.443 e. The molecule has 6 heteroatoms. The van der Waals surface area contributed by atoms with E-state index in [1.807, 2.05) is 0 Å². The quantitative estimate of drug-likeness (QED) is 0.599. The van der Waals surface area contributed by atoms with E-state index in [1.165, 1.54) is 18.5 Å². The highest BCUT2D eigenvalue weighted by Gasteiger charge is 2.15. The topological polar surface area (TPSA) is 83.5 Å². The lowest BCUT2D eigenvalue weighted by Crippen LogP contribution is -2.29. The first-order valence-corrected chi connectivity index (χ1v) is 5.08. The van der Waals surface area contributed by atoms with E-state index < -0.39 is 11.7 Å². The monoisotopic (exact) mass is 237 g/mol. The van der Waals surface area contributed by atoms with Crippen LogP contribution in [-0.4, -0.2) is 22.9 Å². The van der Waals surface area contributed by atoms with E-state index >= 15 is 0 Å². The van der Waals surface area contributed by atoms with Crippen LogP contribution in [0.4, 0.5) is 4.79 Å². The van der Waals surface area contributed by atoms with Crippen LogP contribution < -0.4 is 11.0 Å². The maximum atomic E-state index is 11.2. The van der Waals surface area contributed by atoms with E-state index in [2.05, 4.69) is 15.5 Å². The molecule has 0 unspecified atom stereocenters. The number of hydrazone groups is 1. The van der Waals surface area contributed by atoms with Crippen molar-refractivity contribution in [3.05, 3.63) is 34.2 Å². The van der Waals surface area contributed by atoms with E-state index in [0.717, 1.165) is 0 Å². The van der Waals surface area contributed by atoms with Crippen LogP contribution in [-0.2, 0) is 4.74 Å². The maximum absolute atomic E-state index is 11.2. The van der Waals surface area contributed by atoms with Crippen LogP contribution in [0.25, 0.3) is 0 Å². The molecule has 1 rings (SSSR count). The van der Waals surface area contributed by atoms with Crippen molar-refractivity contribution in [3.8, 4) is 0 Å². The lowest BCUT2D eigenvalue weighted by atomic mass is 10.2. The van der Waals surface area contributed by atoms with E-state index in [9.17, 15) is 9.59 Å². The van der Waals surface area contributed by atoms with Crippen molar-refractivity contribution in [2.45, 2.75) is 26.4 Å². The van der Waals surface area contributed by atoms with Crippen molar-refractivity contribution in [1.29, 1.82) is 0 Å². The van der Waals surface area contributed by atoms with Gasteiger partial charge in [-0.3, -0.25) is 4.79 Å². The highest BCUT2D eigenvalue weighted by Crippen LogP contribution is 2.06. The summed E-state index contributed by atoms with van der Waals surface area (Å²) in [6.07, 6.45) is 2.26. The molecule has 92 valence electrons. The van der Waals surface area contributed by atoms with Gasteiger partial charge in [0, 0.05) is 17.8 Å². The smallest absolute Gasteiger partial charge is 0.428 e. The summed E-state index contributed by atoms with van der Waals surface area (Å²) in [5.41, 5.74) is 2.14.